The summed E-state index contributed by atoms with van der Waals surface area (Å²) < 4.78 is 65.3. The summed E-state index contributed by atoms with van der Waals surface area (Å²) in [5.41, 5.74) is 0.161. The topological polar surface area (TPSA) is 138 Å². The van der Waals surface area contributed by atoms with Crippen LogP contribution < -0.4 is 15.0 Å². The highest BCUT2D eigenvalue weighted by Gasteiger charge is 2.50. The molecule has 0 spiro atoms. The van der Waals surface area contributed by atoms with E-state index in [-0.39, 0.29) is 64.1 Å². The zero-order valence-corrected chi connectivity index (χ0v) is 27.1. The standard InChI is InChI=1S/C34H32F2N6O5S/c1-21(2)20-48(45,46)40-18-28-29(19-40)42-31(27(17-38-42)39-32(43)22-9-14-30(47-3)23(15-22)16-37)33(44)41(28)26-12-10-25(11-13-26)34(35,36)24-7-5-4-6-8-24/h4-15,17,21,28-29H,18-20H2,1-3H3,(H,39,43)/t28-,29+/m0/s1. The number of hydrogen-bond acceptors (Lipinski definition) is 7. The van der Waals surface area contributed by atoms with Crippen molar-refractivity contribution in [3.63, 3.8) is 0 Å². The fourth-order valence-corrected chi connectivity index (χ4v) is 8.06. The van der Waals surface area contributed by atoms with Gasteiger partial charge >= 0.3 is 0 Å². The van der Waals surface area contributed by atoms with Gasteiger partial charge in [-0.25, -0.2) is 8.42 Å². The van der Waals surface area contributed by atoms with Crippen molar-refractivity contribution in [3.8, 4) is 11.8 Å². The van der Waals surface area contributed by atoms with E-state index in [9.17, 15) is 23.3 Å². The number of amides is 2. The molecule has 0 saturated carbocycles. The van der Waals surface area contributed by atoms with Crippen molar-refractivity contribution in [2.24, 2.45) is 5.92 Å². The first-order valence-electron chi connectivity index (χ1n) is 15.2. The maximum absolute atomic E-state index is 15.4. The van der Waals surface area contributed by atoms with Crippen LogP contribution in [0.25, 0.3) is 0 Å². The Morgan fingerprint density at radius 2 is 1.73 bits per heavy atom. The van der Waals surface area contributed by atoms with Crippen LogP contribution in [-0.2, 0) is 15.9 Å². The average Bonchev–Trinajstić information content (AvgIpc) is 3.70. The summed E-state index contributed by atoms with van der Waals surface area (Å²) in [6.07, 6.45) is 1.31. The summed E-state index contributed by atoms with van der Waals surface area (Å²) in [6.45, 7) is 3.58. The Bertz CT molecular complexity index is 2030. The molecule has 1 N–H and O–H groups in total. The van der Waals surface area contributed by atoms with E-state index in [2.05, 4.69) is 10.4 Å². The van der Waals surface area contributed by atoms with Crippen LogP contribution in [0.2, 0.25) is 0 Å². The highest BCUT2D eigenvalue weighted by molar-refractivity contribution is 7.89. The van der Waals surface area contributed by atoms with E-state index in [1.807, 2.05) is 6.07 Å². The van der Waals surface area contributed by atoms with Gasteiger partial charge < -0.3 is 15.0 Å². The minimum absolute atomic E-state index is 0.000387. The molecule has 2 amide bonds. The largest absolute Gasteiger partial charge is 0.495 e. The number of nitriles is 1. The second kappa shape index (κ2) is 12.5. The van der Waals surface area contributed by atoms with Gasteiger partial charge in [-0.15, -0.1) is 0 Å². The molecule has 2 aliphatic heterocycles. The third kappa shape index (κ3) is 5.80. The Morgan fingerprint density at radius 1 is 1.06 bits per heavy atom. The molecule has 6 rings (SSSR count). The molecule has 0 unspecified atom stereocenters. The minimum Gasteiger partial charge on any atom is -0.495 e. The van der Waals surface area contributed by atoms with Crippen LogP contribution in [0.15, 0.2) is 79.0 Å². The first-order chi connectivity index (χ1) is 22.8. The highest BCUT2D eigenvalue weighted by atomic mass is 32.2. The number of anilines is 2. The van der Waals surface area contributed by atoms with Crippen LogP contribution in [0, 0.1) is 17.2 Å². The molecule has 1 aromatic heterocycles. The smallest absolute Gasteiger partial charge is 0.298 e. The zero-order valence-electron chi connectivity index (χ0n) is 26.3. The van der Waals surface area contributed by atoms with E-state index in [1.165, 1.54) is 93.9 Å². The molecule has 1 fully saturated rings. The first-order valence-corrected chi connectivity index (χ1v) is 16.8. The first kappa shape index (κ1) is 32.8. The summed E-state index contributed by atoms with van der Waals surface area (Å²) in [5.74, 6) is -4.46. The number of hydrogen-bond donors (Lipinski definition) is 1. The molecule has 0 radical (unpaired) electrons. The van der Waals surface area contributed by atoms with Crippen molar-refractivity contribution in [2.75, 3.05) is 36.2 Å². The summed E-state index contributed by atoms with van der Waals surface area (Å²) >= 11 is 0. The van der Waals surface area contributed by atoms with Crippen molar-refractivity contribution < 1.29 is 31.5 Å². The van der Waals surface area contributed by atoms with Crippen molar-refractivity contribution in [1.29, 1.82) is 5.26 Å². The SMILES string of the molecule is COc1ccc(C(=O)Nc2cnn3c2C(=O)N(c2ccc(C(F)(F)c4ccccc4)cc2)[C@H]2CN(S(=O)(=O)CC(C)C)C[C@H]23)cc1C#N. The van der Waals surface area contributed by atoms with Gasteiger partial charge in [-0.05, 0) is 36.2 Å². The zero-order chi connectivity index (χ0) is 34.4. The minimum atomic E-state index is -3.71. The van der Waals surface area contributed by atoms with Gasteiger partial charge in [0.05, 0.1) is 42.4 Å². The van der Waals surface area contributed by atoms with Gasteiger partial charge in [0.2, 0.25) is 10.0 Å². The number of halogens is 2. The van der Waals surface area contributed by atoms with Crippen molar-refractivity contribution >= 4 is 33.2 Å². The molecule has 1 saturated heterocycles. The molecule has 3 heterocycles. The van der Waals surface area contributed by atoms with E-state index in [0.717, 1.165) is 0 Å². The second-order valence-electron chi connectivity index (χ2n) is 12.1. The van der Waals surface area contributed by atoms with E-state index < -0.39 is 39.8 Å². The molecule has 4 aromatic rings. The van der Waals surface area contributed by atoms with Crippen LogP contribution in [0.3, 0.4) is 0 Å². The lowest BCUT2D eigenvalue weighted by molar-refractivity contribution is 0.0428. The number of sulfonamides is 1. The van der Waals surface area contributed by atoms with Crippen LogP contribution >= 0.6 is 0 Å². The predicted molar refractivity (Wildman–Crippen MR) is 174 cm³/mol. The third-order valence-electron chi connectivity index (χ3n) is 8.50. The van der Waals surface area contributed by atoms with E-state index in [4.69, 9.17) is 4.74 Å². The number of aromatic nitrogens is 2. The fourth-order valence-electron chi connectivity index (χ4n) is 6.25. The summed E-state index contributed by atoms with van der Waals surface area (Å²) in [5, 5.41) is 16.6. The number of carbonyl (C=O) groups excluding carboxylic acids is 2. The van der Waals surface area contributed by atoms with Gasteiger partial charge in [0.15, 0.2) is 5.69 Å². The van der Waals surface area contributed by atoms with Crippen molar-refractivity contribution in [2.45, 2.75) is 31.9 Å². The number of rotatable bonds is 9. The summed E-state index contributed by atoms with van der Waals surface area (Å²) in [7, 11) is -2.31. The van der Waals surface area contributed by atoms with Crippen molar-refractivity contribution in [1.82, 2.24) is 14.1 Å². The number of nitrogens with one attached hydrogen (secondary N) is 1. The molecule has 48 heavy (non-hydrogen) atoms. The summed E-state index contributed by atoms with van der Waals surface area (Å²) in [4.78, 5) is 29.0. The Labute approximate surface area is 276 Å². The number of fused-ring (bicyclic) bond motifs is 3. The number of carbonyl (C=O) groups is 2. The van der Waals surface area contributed by atoms with Gasteiger partial charge in [0, 0.05) is 35.5 Å². The van der Waals surface area contributed by atoms with Gasteiger partial charge in [0.1, 0.15) is 11.8 Å². The number of nitrogens with zero attached hydrogens (tertiary/aromatic N) is 5. The lowest BCUT2D eigenvalue weighted by Crippen LogP contribution is -2.51. The molecule has 14 heteroatoms. The predicted octanol–water partition coefficient (Wildman–Crippen LogP) is 5.03. The molecule has 3 aromatic carbocycles. The Hall–Kier alpha value is -5.13. The quantitative estimate of drug-likeness (QED) is 0.263. The molecule has 2 atom stereocenters. The summed E-state index contributed by atoms with van der Waals surface area (Å²) in [6, 6.07) is 17.6. The second-order valence-corrected chi connectivity index (χ2v) is 14.1. The molecule has 248 valence electrons. The maximum Gasteiger partial charge on any atom is 0.298 e. The number of ether oxygens (including phenoxy) is 1. The van der Waals surface area contributed by atoms with Gasteiger partial charge in [0.25, 0.3) is 17.7 Å². The molecule has 11 nitrogen and oxygen atoms in total. The Morgan fingerprint density at radius 3 is 2.38 bits per heavy atom. The lowest BCUT2D eigenvalue weighted by atomic mass is 9.99. The van der Waals surface area contributed by atoms with Gasteiger partial charge in [-0.3, -0.25) is 14.3 Å². The van der Waals surface area contributed by atoms with E-state index in [1.54, 1.807) is 19.9 Å². The number of alkyl halides is 2. The highest BCUT2D eigenvalue weighted by Crippen LogP contribution is 2.41. The number of methoxy groups -OCH3 is 1. The van der Waals surface area contributed by atoms with Crippen LogP contribution in [0.4, 0.5) is 20.2 Å². The van der Waals surface area contributed by atoms with Crippen LogP contribution in [0.1, 0.15) is 57.4 Å². The Kier molecular flexibility index (Phi) is 8.52. The molecular formula is C34H32F2N6O5S. The average molecular weight is 675 g/mol. The van der Waals surface area contributed by atoms with Crippen molar-refractivity contribution in [3.05, 3.63) is 107 Å². The maximum atomic E-state index is 15.4. The molecular weight excluding hydrogens is 642 g/mol. The molecule has 0 aliphatic carbocycles. The number of benzene rings is 3. The monoisotopic (exact) mass is 674 g/mol. The van der Waals surface area contributed by atoms with Gasteiger partial charge in [-0.1, -0.05) is 56.3 Å². The van der Waals surface area contributed by atoms with Crippen LogP contribution in [-0.4, -0.2) is 66.3 Å². The Balaban J connectivity index is 1.38. The molecule has 0 bridgehead atoms. The molecule has 2 aliphatic rings. The van der Waals surface area contributed by atoms with E-state index in [0.29, 0.717) is 5.75 Å². The van der Waals surface area contributed by atoms with Gasteiger partial charge in [-0.2, -0.15) is 23.4 Å². The fraction of sp³-hybridized carbons (Fsp3) is 0.294. The van der Waals surface area contributed by atoms with Crippen LogP contribution in [0.5, 0.6) is 5.75 Å². The lowest BCUT2D eigenvalue weighted by Gasteiger charge is -2.37. The normalized spacial score (nSPS) is 17.9. The third-order valence-corrected chi connectivity index (χ3v) is 10.7. The van der Waals surface area contributed by atoms with E-state index >= 15 is 8.78 Å².